The Bertz CT molecular complexity index is 1260. The van der Waals surface area contributed by atoms with Crippen LogP contribution in [0.3, 0.4) is 0 Å². The summed E-state index contributed by atoms with van der Waals surface area (Å²) >= 11 is 6.46. The molecule has 0 spiro atoms. The molecule has 1 aliphatic rings. The molecule has 0 radical (unpaired) electrons. The first kappa shape index (κ1) is 21.6. The van der Waals surface area contributed by atoms with E-state index < -0.39 is 0 Å². The Balaban J connectivity index is 1.33. The van der Waals surface area contributed by atoms with Crippen LogP contribution in [0.5, 0.6) is 5.75 Å². The molecular weight excluding hydrogens is 443 g/mol. The van der Waals surface area contributed by atoms with E-state index >= 15 is 0 Å². The van der Waals surface area contributed by atoms with Crippen molar-refractivity contribution in [3.8, 4) is 5.75 Å². The molecule has 7 nitrogen and oxygen atoms in total. The molecule has 2 aromatic carbocycles. The molecule has 0 amide bonds. The number of hydrogen-bond acceptors (Lipinski definition) is 6. The number of nitrogens with zero attached hydrogens (tertiary/aromatic N) is 4. The molecule has 0 unspecified atom stereocenters. The van der Waals surface area contributed by atoms with Gasteiger partial charge >= 0.3 is 0 Å². The molecule has 170 valence electrons. The standard InChI is InChI=1S/C24H24ClFN6O/c25-21-13-20(4-5-22(21)33-15-17-2-1-3-19(26)12-17)30-24-23-18(6-9-32(23)29-16-28-24)14-31-10-7-27-8-11-31/h1-6,9,12-13,16,27H,7-8,10-11,14-15H2,(H,28,29,30). The third-order valence-electron chi connectivity index (χ3n) is 5.62. The lowest BCUT2D eigenvalue weighted by atomic mass is 10.2. The lowest BCUT2D eigenvalue weighted by Gasteiger charge is -2.27. The summed E-state index contributed by atoms with van der Waals surface area (Å²) < 4.78 is 21.0. The zero-order valence-corrected chi connectivity index (χ0v) is 18.7. The van der Waals surface area contributed by atoms with Gasteiger partial charge in [-0.05, 0) is 47.5 Å². The van der Waals surface area contributed by atoms with Crippen LogP contribution in [0.2, 0.25) is 5.02 Å². The van der Waals surface area contributed by atoms with Crippen LogP contribution in [-0.2, 0) is 13.2 Å². The zero-order valence-electron chi connectivity index (χ0n) is 18.0. The molecule has 9 heteroatoms. The Morgan fingerprint density at radius 3 is 2.82 bits per heavy atom. The molecule has 1 saturated heterocycles. The first-order valence-corrected chi connectivity index (χ1v) is 11.2. The molecule has 1 aliphatic heterocycles. The van der Waals surface area contributed by atoms with E-state index in [1.165, 1.54) is 24.0 Å². The summed E-state index contributed by atoms with van der Waals surface area (Å²) in [6.45, 7) is 5.10. The number of fused-ring (bicyclic) bond motifs is 1. The third kappa shape index (κ3) is 5.08. The smallest absolute Gasteiger partial charge is 0.158 e. The number of halogens is 2. The summed E-state index contributed by atoms with van der Waals surface area (Å²) in [5.74, 6) is 0.950. The van der Waals surface area contributed by atoms with E-state index in [-0.39, 0.29) is 12.4 Å². The van der Waals surface area contributed by atoms with Crippen molar-refractivity contribution in [1.29, 1.82) is 0 Å². The Kier molecular flexibility index (Phi) is 6.39. The molecule has 1 fully saturated rings. The summed E-state index contributed by atoms with van der Waals surface area (Å²) in [5, 5.41) is 11.6. The predicted molar refractivity (Wildman–Crippen MR) is 127 cm³/mol. The van der Waals surface area contributed by atoms with Gasteiger partial charge in [-0.25, -0.2) is 13.9 Å². The number of benzene rings is 2. The number of hydrogen-bond donors (Lipinski definition) is 2. The molecule has 0 aliphatic carbocycles. The summed E-state index contributed by atoms with van der Waals surface area (Å²) in [6, 6.07) is 13.9. The van der Waals surface area contributed by atoms with Crippen LogP contribution in [0.25, 0.3) is 5.52 Å². The van der Waals surface area contributed by atoms with Crippen molar-refractivity contribution in [2.45, 2.75) is 13.2 Å². The highest BCUT2D eigenvalue weighted by Gasteiger charge is 2.16. The van der Waals surface area contributed by atoms with Crippen LogP contribution in [0, 0.1) is 5.82 Å². The average Bonchev–Trinajstić information content (AvgIpc) is 3.23. The van der Waals surface area contributed by atoms with E-state index in [1.54, 1.807) is 18.2 Å². The largest absolute Gasteiger partial charge is 0.487 e. The van der Waals surface area contributed by atoms with Crippen LogP contribution < -0.4 is 15.4 Å². The van der Waals surface area contributed by atoms with E-state index in [4.69, 9.17) is 16.3 Å². The Morgan fingerprint density at radius 1 is 1.12 bits per heavy atom. The van der Waals surface area contributed by atoms with Gasteiger partial charge in [-0.1, -0.05) is 23.7 Å². The summed E-state index contributed by atoms with van der Waals surface area (Å²) in [6.07, 6.45) is 3.48. The molecule has 0 saturated carbocycles. The topological polar surface area (TPSA) is 66.7 Å². The van der Waals surface area contributed by atoms with Crippen molar-refractivity contribution in [3.05, 3.63) is 83.0 Å². The van der Waals surface area contributed by atoms with Crippen LogP contribution in [-0.4, -0.2) is 45.7 Å². The second kappa shape index (κ2) is 9.74. The number of anilines is 2. The Hall–Kier alpha value is -3.20. The highest BCUT2D eigenvalue weighted by atomic mass is 35.5. The van der Waals surface area contributed by atoms with E-state index in [1.807, 2.05) is 22.8 Å². The lowest BCUT2D eigenvalue weighted by Crippen LogP contribution is -2.42. The molecule has 2 aromatic heterocycles. The van der Waals surface area contributed by atoms with Crippen LogP contribution >= 0.6 is 11.6 Å². The lowest BCUT2D eigenvalue weighted by molar-refractivity contribution is 0.234. The summed E-state index contributed by atoms with van der Waals surface area (Å²) in [5.41, 5.74) is 3.63. The fourth-order valence-corrected chi connectivity index (χ4v) is 4.20. The van der Waals surface area contributed by atoms with Gasteiger partial charge in [-0.3, -0.25) is 4.90 Å². The monoisotopic (exact) mass is 466 g/mol. The van der Waals surface area contributed by atoms with Gasteiger partial charge in [0, 0.05) is 44.6 Å². The number of piperazine rings is 1. The molecule has 5 rings (SSSR count). The maximum atomic E-state index is 13.4. The van der Waals surface area contributed by atoms with E-state index in [0.717, 1.165) is 49.5 Å². The third-order valence-corrected chi connectivity index (χ3v) is 5.91. The normalized spacial score (nSPS) is 14.5. The van der Waals surface area contributed by atoms with Crippen molar-refractivity contribution >= 4 is 28.6 Å². The zero-order chi connectivity index (χ0) is 22.6. The van der Waals surface area contributed by atoms with Crippen LogP contribution in [0.4, 0.5) is 15.9 Å². The van der Waals surface area contributed by atoms with Gasteiger partial charge in [0.15, 0.2) is 5.82 Å². The van der Waals surface area contributed by atoms with Gasteiger partial charge in [-0.15, -0.1) is 0 Å². The van der Waals surface area contributed by atoms with Gasteiger partial charge in [0.2, 0.25) is 0 Å². The number of ether oxygens (including phenoxy) is 1. The van der Waals surface area contributed by atoms with Crippen molar-refractivity contribution < 1.29 is 9.13 Å². The number of rotatable bonds is 7. The first-order valence-electron chi connectivity index (χ1n) is 10.8. The van der Waals surface area contributed by atoms with E-state index in [9.17, 15) is 4.39 Å². The van der Waals surface area contributed by atoms with Gasteiger partial charge in [-0.2, -0.15) is 5.10 Å². The van der Waals surface area contributed by atoms with Gasteiger partial charge in [0.25, 0.3) is 0 Å². The summed E-state index contributed by atoms with van der Waals surface area (Å²) in [4.78, 5) is 6.90. The molecule has 2 N–H and O–H groups in total. The molecule has 4 aromatic rings. The highest BCUT2D eigenvalue weighted by molar-refractivity contribution is 6.32. The van der Waals surface area contributed by atoms with E-state index in [0.29, 0.717) is 16.6 Å². The van der Waals surface area contributed by atoms with Crippen molar-refractivity contribution in [2.24, 2.45) is 0 Å². The van der Waals surface area contributed by atoms with Crippen molar-refractivity contribution in [1.82, 2.24) is 24.8 Å². The number of aromatic nitrogens is 3. The van der Waals surface area contributed by atoms with Crippen LogP contribution in [0.1, 0.15) is 11.1 Å². The fourth-order valence-electron chi connectivity index (χ4n) is 3.97. The minimum atomic E-state index is -0.292. The highest BCUT2D eigenvalue weighted by Crippen LogP contribution is 2.31. The Labute approximate surface area is 196 Å². The first-order chi connectivity index (χ1) is 16.2. The molecule has 0 bridgehead atoms. The van der Waals surface area contributed by atoms with Crippen molar-refractivity contribution in [3.63, 3.8) is 0 Å². The maximum absolute atomic E-state index is 13.4. The van der Waals surface area contributed by atoms with E-state index in [2.05, 4.69) is 31.7 Å². The quantitative estimate of drug-likeness (QED) is 0.424. The molecule has 33 heavy (non-hydrogen) atoms. The Morgan fingerprint density at radius 2 is 2.00 bits per heavy atom. The van der Waals surface area contributed by atoms with Crippen LogP contribution in [0.15, 0.2) is 61.1 Å². The molecule has 0 atom stereocenters. The predicted octanol–water partition coefficient (Wildman–Crippen LogP) is 4.25. The van der Waals surface area contributed by atoms with Gasteiger partial charge in [0.05, 0.1) is 5.02 Å². The second-order valence-electron chi connectivity index (χ2n) is 7.96. The molecule has 3 heterocycles. The summed E-state index contributed by atoms with van der Waals surface area (Å²) in [7, 11) is 0. The minimum Gasteiger partial charge on any atom is -0.487 e. The fraction of sp³-hybridized carbons (Fsp3) is 0.250. The molecular formula is C24H24ClFN6O. The maximum Gasteiger partial charge on any atom is 0.158 e. The second-order valence-corrected chi connectivity index (χ2v) is 8.36. The van der Waals surface area contributed by atoms with Crippen molar-refractivity contribution in [2.75, 3.05) is 31.5 Å². The average molecular weight is 467 g/mol. The number of nitrogens with one attached hydrogen (secondary N) is 2. The van der Waals surface area contributed by atoms with Gasteiger partial charge in [0.1, 0.15) is 30.0 Å². The minimum absolute atomic E-state index is 0.232. The SMILES string of the molecule is Fc1cccc(COc2ccc(Nc3ncnn4ccc(CN5CCNCC5)c34)cc2Cl)c1. The van der Waals surface area contributed by atoms with Gasteiger partial charge < -0.3 is 15.4 Å².